The molecule has 6 heteroatoms. The summed E-state index contributed by atoms with van der Waals surface area (Å²) in [5.41, 5.74) is 6.77. The maximum atomic E-state index is 12.1. The standard InChI is InChI=1S/C16H19N3O2.ClH/c1-16(2,10-17)19-15(21)12-5-3-11(4-6-12)14(20)13-7-8-18-9-13;/h3-9,18H,10,17H2,1-2H3,(H,19,21);1H. The fourth-order valence-corrected chi connectivity index (χ4v) is 1.84. The predicted octanol–water partition coefficient (Wildman–Crippen LogP) is 2.13. The number of hydrogen-bond donors (Lipinski definition) is 3. The summed E-state index contributed by atoms with van der Waals surface area (Å²) >= 11 is 0. The second kappa shape index (κ2) is 7.24. The number of nitrogens with one attached hydrogen (secondary N) is 2. The van der Waals surface area contributed by atoms with E-state index in [1.54, 1.807) is 42.7 Å². The van der Waals surface area contributed by atoms with Gasteiger partial charge in [-0.25, -0.2) is 0 Å². The molecule has 0 aliphatic carbocycles. The Labute approximate surface area is 135 Å². The van der Waals surface area contributed by atoms with Gasteiger partial charge in [-0.15, -0.1) is 12.4 Å². The number of benzene rings is 1. The minimum Gasteiger partial charge on any atom is -0.367 e. The van der Waals surface area contributed by atoms with Crippen molar-refractivity contribution in [2.75, 3.05) is 6.54 Å². The second-order valence-corrected chi connectivity index (χ2v) is 5.55. The summed E-state index contributed by atoms with van der Waals surface area (Å²) in [7, 11) is 0. The van der Waals surface area contributed by atoms with Crippen molar-refractivity contribution < 1.29 is 9.59 Å². The Morgan fingerprint density at radius 2 is 1.68 bits per heavy atom. The summed E-state index contributed by atoms with van der Waals surface area (Å²) in [4.78, 5) is 27.0. The maximum absolute atomic E-state index is 12.1. The van der Waals surface area contributed by atoms with Gasteiger partial charge in [-0.05, 0) is 32.0 Å². The average Bonchev–Trinajstić information content (AvgIpc) is 3.00. The summed E-state index contributed by atoms with van der Waals surface area (Å²) < 4.78 is 0. The van der Waals surface area contributed by atoms with E-state index < -0.39 is 5.54 Å². The summed E-state index contributed by atoms with van der Waals surface area (Å²) in [5.74, 6) is -0.281. The molecular formula is C16H20ClN3O2. The van der Waals surface area contributed by atoms with E-state index in [4.69, 9.17) is 5.73 Å². The fraction of sp³-hybridized carbons (Fsp3) is 0.250. The molecule has 5 nitrogen and oxygen atoms in total. The number of aromatic nitrogens is 1. The molecule has 2 aromatic rings. The van der Waals surface area contributed by atoms with Crippen molar-refractivity contribution >= 4 is 24.1 Å². The number of hydrogen-bond acceptors (Lipinski definition) is 3. The Balaban J connectivity index is 0.00000242. The van der Waals surface area contributed by atoms with E-state index in [0.717, 1.165) is 0 Å². The molecule has 0 saturated heterocycles. The van der Waals surface area contributed by atoms with E-state index >= 15 is 0 Å². The zero-order valence-electron chi connectivity index (χ0n) is 12.6. The van der Waals surface area contributed by atoms with Crippen LogP contribution in [0, 0.1) is 0 Å². The molecule has 118 valence electrons. The highest BCUT2D eigenvalue weighted by atomic mass is 35.5. The van der Waals surface area contributed by atoms with Crippen LogP contribution in [0.3, 0.4) is 0 Å². The molecule has 22 heavy (non-hydrogen) atoms. The summed E-state index contributed by atoms with van der Waals surface area (Å²) in [5, 5.41) is 2.84. The molecule has 0 aliphatic rings. The number of H-pyrrole nitrogens is 1. The van der Waals surface area contributed by atoms with Crippen LogP contribution in [0.5, 0.6) is 0 Å². The molecule has 0 bridgehead atoms. The Morgan fingerprint density at radius 3 is 2.18 bits per heavy atom. The highest BCUT2D eigenvalue weighted by molar-refractivity contribution is 6.09. The van der Waals surface area contributed by atoms with Crippen LogP contribution in [0.2, 0.25) is 0 Å². The van der Waals surface area contributed by atoms with Gasteiger partial charge in [-0.2, -0.15) is 0 Å². The molecule has 0 fully saturated rings. The van der Waals surface area contributed by atoms with Crippen molar-refractivity contribution in [1.29, 1.82) is 0 Å². The Hall–Kier alpha value is -2.11. The maximum Gasteiger partial charge on any atom is 0.251 e. The first-order chi connectivity index (χ1) is 9.93. The van der Waals surface area contributed by atoms with Crippen LogP contribution < -0.4 is 11.1 Å². The van der Waals surface area contributed by atoms with Crippen molar-refractivity contribution in [3.63, 3.8) is 0 Å². The smallest absolute Gasteiger partial charge is 0.251 e. The minimum atomic E-state index is -0.462. The van der Waals surface area contributed by atoms with Gasteiger partial charge in [0.2, 0.25) is 0 Å². The lowest BCUT2D eigenvalue weighted by Crippen LogP contribution is -2.48. The first kappa shape index (κ1) is 17.9. The third kappa shape index (κ3) is 4.19. The average molecular weight is 322 g/mol. The van der Waals surface area contributed by atoms with Gasteiger partial charge in [-0.3, -0.25) is 9.59 Å². The van der Waals surface area contributed by atoms with Crippen LogP contribution in [-0.4, -0.2) is 28.8 Å². The number of halogens is 1. The second-order valence-electron chi connectivity index (χ2n) is 5.55. The minimum absolute atomic E-state index is 0. The molecule has 0 atom stereocenters. The van der Waals surface area contributed by atoms with Gasteiger partial charge in [0.05, 0.1) is 0 Å². The van der Waals surface area contributed by atoms with Gasteiger partial charge >= 0.3 is 0 Å². The lowest BCUT2D eigenvalue weighted by atomic mass is 10.0. The summed E-state index contributed by atoms with van der Waals surface area (Å²) in [6, 6.07) is 8.30. The van der Waals surface area contributed by atoms with Crippen LogP contribution in [0.1, 0.15) is 40.1 Å². The zero-order chi connectivity index (χ0) is 15.5. The van der Waals surface area contributed by atoms with Crippen molar-refractivity contribution in [1.82, 2.24) is 10.3 Å². The Kier molecular flexibility index (Phi) is 5.91. The molecular weight excluding hydrogens is 302 g/mol. The molecule has 0 aliphatic heterocycles. The van der Waals surface area contributed by atoms with E-state index in [-0.39, 0.29) is 24.1 Å². The number of carbonyl (C=O) groups is 2. The van der Waals surface area contributed by atoms with Crippen molar-refractivity contribution in [2.45, 2.75) is 19.4 Å². The number of rotatable bonds is 5. The normalized spacial score (nSPS) is 10.7. The lowest BCUT2D eigenvalue weighted by molar-refractivity contribution is 0.0914. The van der Waals surface area contributed by atoms with Crippen molar-refractivity contribution in [3.05, 3.63) is 59.4 Å². The summed E-state index contributed by atoms with van der Waals surface area (Å²) in [6.45, 7) is 4.06. The molecule has 1 amide bonds. The van der Waals surface area contributed by atoms with Gasteiger partial charge in [-0.1, -0.05) is 12.1 Å². The fourth-order valence-electron chi connectivity index (χ4n) is 1.84. The third-order valence-corrected chi connectivity index (χ3v) is 3.23. The lowest BCUT2D eigenvalue weighted by Gasteiger charge is -2.24. The Bertz CT molecular complexity index is 634. The number of ketones is 1. The third-order valence-electron chi connectivity index (χ3n) is 3.23. The highest BCUT2D eigenvalue weighted by Crippen LogP contribution is 2.11. The zero-order valence-corrected chi connectivity index (χ0v) is 13.4. The monoisotopic (exact) mass is 321 g/mol. The van der Waals surface area contributed by atoms with E-state index in [1.807, 2.05) is 13.8 Å². The highest BCUT2D eigenvalue weighted by Gasteiger charge is 2.19. The first-order valence-corrected chi connectivity index (χ1v) is 6.73. The Morgan fingerprint density at radius 1 is 1.09 bits per heavy atom. The number of carbonyl (C=O) groups excluding carboxylic acids is 2. The van der Waals surface area contributed by atoms with E-state index in [0.29, 0.717) is 23.2 Å². The molecule has 1 heterocycles. The summed E-state index contributed by atoms with van der Waals surface area (Å²) in [6.07, 6.45) is 3.34. The van der Waals surface area contributed by atoms with Gasteiger partial charge in [0.1, 0.15) is 0 Å². The van der Waals surface area contributed by atoms with E-state index in [9.17, 15) is 9.59 Å². The molecule has 4 N–H and O–H groups in total. The van der Waals surface area contributed by atoms with E-state index in [1.165, 1.54) is 0 Å². The number of aromatic amines is 1. The van der Waals surface area contributed by atoms with Gasteiger partial charge in [0, 0.05) is 41.2 Å². The molecule has 2 rings (SSSR count). The van der Waals surface area contributed by atoms with Gasteiger partial charge in [0.15, 0.2) is 5.78 Å². The molecule has 1 aromatic carbocycles. The molecule has 0 spiro atoms. The van der Waals surface area contributed by atoms with Crippen molar-refractivity contribution in [2.24, 2.45) is 5.73 Å². The molecule has 0 saturated carbocycles. The van der Waals surface area contributed by atoms with Crippen LogP contribution in [0.15, 0.2) is 42.7 Å². The predicted molar refractivity (Wildman–Crippen MR) is 88.5 cm³/mol. The van der Waals surface area contributed by atoms with Crippen LogP contribution in [0.4, 0.5) is 0 Å². The largest absolute Gasteiger partial charge is 0.367 e. The SMILES string of the molecule is CC(C)(CN)NC(=O)c1ccc(C(=O)c2cc[nH]c2)cc1.Cl. The molecule has 0 unspecified atom stereocenters. The van der Waals surface area contributed by atoms with Gasteiger partial charge < -0.3 is 16.0 Å². The van der Waals surface area contributed by atoms with Gasteiger partial charge in [0.25, 0.3) is 5.91 Å². The topological polar surface area (TPSA) is 88.0 Å². The quantitative estimate of drug-likeness (QED) is 0.737. The van der Waals surface area contributed by atoms with Crippen LogP contribution in [0.25, 0.3) is 0 Å². The molecule has 1 aromatic heterocycles. The first-order valence-electron chi connectivity index (χ1n) is 6.73. The van der Waals surface area contributed by atoms with E-state index in [2.05, 4.69) is 10.3 Å². The molecule has 0 radical (unpaired) electrons. The van der Waals surface area contributed by atoms with Crippen molar-refractivity contribution in [3.8, 4) is 0 Å². The van der Waals surface area contributed by atoms with Crippen LogP contribution >= 0.6 is 12.4 Å². The number of nitrogens with two attached hydrogens (primary N) is 1. The number of amides is 1. The van der Waals surface area contributed by atoms with Crippen LogP contribution in [-0.2, 0) is 0 Å².